The Morgan fingerprint density at radius 2 is 1.69 bits per heavy atom. The van der Waals surface area contributed by atoms with Gasteiger partial charge in [-0.2, -0.15) is 0 Å². The van der Waals surface area contributed by atoms with Crippen LogP contribution in [0.3, 0.4) is 0 Å². The highest BCUT2D eigenvalue weighted by molar-refractivity contribution is 5.31. The Hall–Kier alpha value is -0.760. The van der Waals surface area contributed by atoms with Crippen molar-refractivity contribution in [1.82, 2.24) is 0 Å². The van der Waals surface area contributed by atoms with E-state index < -0.39 is 5.60 Å². The highest BCUT2D eigenvalue weighted by Gasteiger charge is 2.49. The van der Waals surface area contributed by atoms with Gasteiger partial charge in [0.15, 0.2) is 0 Å². The van der Waals surface area contributed by atoms with Gasteiger partial charge in [0.25, 0.3) is 0 Å². The summed E-state index contributed by atoms with van der Waals surface area (Å²) in [7, 11) is 0. The average Bonchev–Trinajstić information content (AvgIpc) is 2.05. The van der Waals surface area contributed by atoms with Crippen molar-refractivity contribution < 1.29 is 5.11 Å². The Balaban J connectivity index is 3.25. The van der Waals surface area contributed by atoms with Crippen LogP contribution < -0.4 is 5.73 Å². The standard InChI is InChI=1S/C14H25NO/c1-12(2,3)11-9-10(15)7-8-14(11,16)13(4,5)6/h7-9,11,16H,15H2,1-6H3. The van der Waals surface area contributed by atoms with Crippen molar-refractivity contribution in [2.45, 2.75) is 47.1 Å². The van der Waals surface area contributed by atoms with Gasteiger partial charge in [0, 0.05) is 11.6 Å². The first-order valence-corrected chi connectivity index (χ1v) is 5.87. The molecule has 1 aliphatic carbocycles. The summed E-state index contributed by atoms with van der Waals surface area (Å²) < 4.78 is 0. The second-order valence-electron chi connectivity index (χ2n) is 6.92. The molecular weight excluding hydrogens is 198 g/mol. The monoisotopic (exact) mass is 223 g/mol. The minimum absolute atomic E-state index is 0.0165. The Morgan fingerprint density at radius 3 is 2.06 bits per heavy atom. The molecule has 2 nitrogen and oxygen atoms in total. The highest BCUT2D eigenvalue weighted by Crippen LogP contribution is 2.47. The quantitative estimate of drug-likeness (QED) is 0.663. The van der Waals surface area contributed by atoms with E-state index in [0.29, 0.717) is 0 Å². The molecule has 1 rings (SSSR count). The zero-order valence-electron chi connectivity index (χ0n) is 11.3. The predicted octanol–water partition coefficient (Wildman–Crippen LogP) is 2.84. The van der Waals surface area contributed by atoms with Gasteiger partial charge in [-0.15, -0.1) is 0 Å². The van der Waals surface area contributed by atoms with Crippen LogP contribution in [0.4, 0.5) is 0 Å². The summed E-state index contributed by atoms with van der Waals surface area (Å²) in [6, 6.07) is 0. The molecule has 0 radical (unpaired) electrons. The molecule has 0 fully saturated rings. The molecule has 0 amide bonds. The van der Waals surface area contributed by atoms with Crippen molar-refractivity contribution in [3.8, 4) is 0 Å². The first kappa shape index (κ1) is 13.3. The predicted molar refractivity (Wildman–Crippen MR) is 68.8 cm³/mol. The van der Waals surface area contributed by atoms with E-state index >= 15 is 0 Å². The fourth-order valence-corrected chi connectivity index (χ4v) is 2.33. The first-order valence-electron chi connectivity index (χ1n) is 5.87. The Labute approximate surface area is 99.2 Å². The zero-order chi connectivity index (χ0) is 12.8. The van der Waals surface area contributed by atoms with Gasteiger partial charge in [-0.3, -0.25) is 0 Å². The number of aliphatic hydroxyl groups is 1. The molecule has 0 saturated heterocycles. The van der Waals surface area contributed by atoms with Crippen molar-refractivity contribution in [2.75, 3.05) is 0 Å². The van der Waals surface area contributed by atoms with E-state index in [0.717, 1.165) is 5.70 Å². The van der Waals surface area contributed by atoms with Gasteiger partial charge in [0.05, 0.1) is 5.60 Å². The molecule has 0 bridgehead atoms. The fourth-order valence-electron chi connectivity index (χ4n) is 2.33. The van der Waals surface area contributed by atoms with E-state index in [-0.39, 0.29) is 16.7 Å². The zero-order valence-corrected chi connectivity index (χ0v) is 11.3. The van der Waals surface area contributed by atoms with E-state index in [4.69, 9.17) is 5.73 Å². The minimum Gasteiger partial charge on any atom is -0.399 e. The molecule has 2 heteroatoms. The normalized spacial score (nSPS) is 31.4. The first-order chi connectivity index (χ1) is 6.98. The van der Waals surface area contributed by atoms with Gasteiger partial charge >= 0.3 is 0 Å². The van der Waals surface area contributed by atoms with Crippen LogP contribution in [0.15, 0.2) is 23.9 Å². The summed E-state index contributed by atoms with van der Waals surface area (Å²) in [5.74, 6) is 0.0324. The van der Waals surface area contributed by atoms with Crippen LogP contribution in [0, 0.1) is 16.7 Å². The van der Waals surface area contributed by atoms with Crippen molar-refractivity contribution in [1.29, 1.82) is 0 Å². The van der Waals surface area contributed by atoms with Crippen LogP contribution in [0.5, 0.6) is 0 Å². The highest BCUT2D eigenvalue weighted by atomic mass is 16.3. The smallest absolute Gasteiger partial charge is 0.0947 e. The van der Waals surface area contributed by atoms with Crippen LogP contribution in [0.2, 0.25) is 0 Å². The third kappa shape index (κ3) is 2.17. The maximum absolute atomic E-state index is 10.9. The van der Waals surface area contributed by atoms with Crippen LogP contribution in [-0.2, 0) is 0 Å². The van der Waals surface area contributed by atoms with E-state index in [9.17, 15) is 5.11 Å². The molecule has 1 aliphatic rings. The Morgan fingerprint density at radius 1 is 1.19 bits per heavy atom. The Bertz CT molecular complexity index is 328. The third-order valence-electron chi connectivity index (χ3n) is 3.50. The molecule has 16 heavy (non-hydrogen) atoms. The second kappa shape index (κ2) is 3.63. The third-order valence-corrected chi connectivity index (χ3v) is 3.50. The lowest BCUT2D eigenvalue weighted by molar-refractivity contribution is -0.0805. The largest absolute Gasteiger partial charge is 0.399 e. The molecule has 0 saturated carbocycles. The van der Waals surface area contributed by atoms with Gasteiger partial charge in [0.2, 0.25) is 0 Å². The van der Waals surface area contributed by atoms with Crippen molar-refractivity contribution in [3.05, 3.63) is 23.9 Å². The summed E-state index contributed by atoms with van der Waals surface area (Å²) in [4.78, 5) is 0. The number of allylic oxidation sites excluding steroid dienone is 1. The number of hydrogen-bond donors (Lipinski definition) is 2. The molecule has 3 N–H and O–H groups in total. The molecule has 0 aromatic heterocycles. The van der Waals surface area contributed by atoms with Crippen LogP contribution in [-0.4, -0.2) is 10.7 Å². The van der Waals surface area contributed by atoms with Crippen LogP contribution in [0.25, 0.3) is 0 Å². The molecule has 92 valence electrons. The van der Waals surface area contributed by atoms with E-state index in [1.54, 1.807) is 0 Å². The molecule has 0 heterocycles. The van der Waals surface area contributed by atoms with Crippen LogP contribution >= 0.6 is 0 Å². The fraction of sp³-hybridized carbons (Fsp3) is 0.714. The lowest BCUT2D eigenvalue weighted by Gasteiger charge is -2.49. The molecule has 2 unspecified atom stereocenters. The Kier molecular flexibility index (Phi) is 3.01. The summed E-state index contributed by atoms with van der Waals surface area (Å²) in [5.41, 5.74) is 5.53. The van der Waals surface area contributed by atoms with Gasteiger partial charge in [-0.25, -0.2) is 0 Å². The van der Waals surface area contributed by atoms with E-state index in [1.807, 2.05) is 18.2 Å². The summed E-state index contributed by atoms with van der Waals surface area (Å²) in [6.07, 6.45) is 5.66. The topological polar surface area (TPSA) is 46.2 Å². The summed E-state index contributed by atoms with van der Waals surface area (Å²) >= 11 is 0. The van der Waals surface area contributed by atoms with Gasteiger partial charge < -0.3 is 10.8 Å². The van der Waals surface area contributed by atoms with Crippen LogP contribution in [0.1, 0.15) is 41.5 Å². The van der Waals surface area contributed by atoms with E-state index in [1.165, 1.54) is 0 Å². The maximum Gasteiger partial charge on any atom is 0.0947 e. The van der Waals surface area contributed by atoms with Crippen molar-refractivity contribution in [3.63, 3.8) is 0 Å². The summed E-state index contributed by atoms with van der Waals surface area (Å²) in [6.45, 7) is 12.6. The van der Waals surface area contributed by atoms with Crippen molar-refractivity contribution >= 4 is 0 Å². The van der Waals surface area contributed by atoms with E-state index in [2.05, 4.69) is 41.5 Å². The number of hydrogen-bond acceptors (Lipinski definition) is 2. The SMILES string of the molecule is CC(C)(C)C1C=C(N)C=CC1(O)C(C)(C)C. The number of nitrogens with two attached hydrogens (primary N) is 1. The second-order valence-corrected chi connectivity index (χ2v) is 6.92. The van der Waals surface area contributed by atoms with Gasteiger partial charge in [0.1, 0.15) is 0 Å². The summed E-state index contributed by atoms with van der Waals surface area (Å²) in [5, 5.41) is 10.9. The van der Waals surface area contributed by atoms with Gasteiger partial charge in [-0.05, 0) is 23.0 Å². The minimum atomic E-state index is -0.839. The molecular formula is C14H25NO. The molecule has 0 aliphatic heterocycles. The lowest BCUT2D eigenvalue weighted by atomic mass is 9.59. The van der Waals surface area contributed by atoms with Gasteiger partial charge in [-0.1, -0.05) is 47.6 Å². The number of rotatable bonds is 0. The average molecular weight is 223 g/mol. The molecule has 2 atom stereocenters. The maximum atomic E-state index is 10.9. The lowest BCUT2D eigenvalue weighted by Crippen LogP contribution is -2.52. The molecule has 0 aromatic carbocycles. The molecule has 0 aromatic rings. The van der Waals surface area contributed by atoms with Crippen molar-refractivity contribution in [2.24, 2.45) is 22.5 Å². The molecule has 0 spiro atoms.